The molecule has 1 atom stereocenters. The zero-order valence-electron chi connectivity index (χ0n) is 12.1. The van der Waals surface area contributed by atoms with Crippen molar-refractivity contribution in [1.82, 2.24) is 10.2 Å². The average Bonchev–Trinajstić information content (AvgIpc) is 2.47. The normalized spacial score (nSPS) is 11.2. The number of hydrogen-bond acceptors (Lipinski definition) is 2. The van der Waals surface area contributed by atoms with E-state index in [4.69, 9.17) is 11.5 Å². The molecular weight excluding hydrogens is 268 g/mol. The van der Waals surface area contributed by atoms with Crippen LogP contribution in [-0.4, -0.2) is 41.6 Å². The SMILES string of the molecule is C#CCN(CC(=O)O)C(=O)NCCC(C)c1ccccc1. The smallest absolute Gasteiger partial charge is 0.323 e. The van der Waals surface area contributed by atoms with Gasteiger partial charge in [-0.2, -0.15) is 0 Å². The highest BCUT2D eigenvalue weighted by Crippen LogP contribution is 2.17. The molecule has 0 spiro atoms. The lowest BCUT2D eigenvalue weighted by atomic mass is 9.98. The molecule has 0 saturated carbocycles. The van der Waals surface area contributed by atoms with Crippen LogP contribution in [0, 0.1) is 12.3 Å². The van der Waals surface area contributed by atoms with Crippen LogP contribution in [0.5, 0.6) is 0 Å². The maximum atomic E-state index is 11.8. The van der Waals surface area contributed by atoms with Gasteiger partial charge < -0.3 is 15.3 Å². The Labute approximate surface area is 125 Å². The topological polar surface area (TPSA) is 69.6 Å². The molecule has 2 amide bonds. The predicted octanol–water partition coefficient (Wildman–Crippen LogP) is 1.91. The number of aliphatic carboxylic acids is 1. The number of nitrogens with zero attached hydrogens (tertiary/aromatic N) is 1. The number of carbonyl (C=O) groups excluding carboxylic acids is 1. The van der Waals surface area contributed by atoms with Crippen LogP contribution in [0.1, 0.15) is 24.8 Å². The van der Waals surface area contributed by atoms with E-state index in [0.29, 0.717) is 12.5 Å². The second-order valence-electron chi connectivity index (χ2n) is 4.79. The summed E-state index contributed by atoms with van der Waals surface area (Å²) in [6, 6.07) is 9.55. The number of rotatable bonds is 7. The molecule has 0 saturated heterocycles. The van der Waals surface area contributed by atoms with E-state index in [-0.39, 0.29) is 6.54 Å². The van der Waals surface area contributed by atoms with Gasteiger partial charge in [-0.15, -0.1) is 6.42 Å². The minimum atomic E-state index is -1.09. The molecule has 0 heterocycles. The summed E-state index contributed by atoms with van der Waals surface area (Å²) >= 11 is 0. The van der Waals surface area contributed by atoms with Gasteiger partial charge in [-0.05, 0) is 17.9 Å². The zero-order valence-corrected chi connectivity index (χ0v) is 12.1. The molecule has 0 aliphatic carbocycles. The van der Waals surface area contributed by atoms with Crippen molar-refractivity contribution in [3.8, 4) is 12.3 Å². The van der Waals surface area contributed by atoms with Crippen molar-refractivity contribution in [2.75, 3.05) is 19.6 Å². The first-order valence-corrected chi connectivity index (χ1v) is 6.77. The van der Waals surface area contributed by atoms with E-state index in [1.165, 1.54) is 5.56 Å². The molecule has 0 radical (unpaired) electrons. The van der Waals surface area contributed by atoms with Crippen LogP contribution in [-0.2, 0) is 4.79 Å². The van der Waals surface area contributed by atoms with Gasteiger partial charge in [0.1, 0.15) is 6.54 Å². The van der Waals surface area contributed by atoms with Gasteiger partial charge in [-0.25, -0.2) is 4.79 Å². The minimum Gasteiger partial charge on any atom is -0.480 e. The van der Waals surface area contributed by atoms with E-state index >= 15 is 0 Å². The molecule has 5 heteroatoms. The third-order valence-corrected chi connectivity index (χ3v) is 3.12. The predicted molar refractivity (Wildman–Crippen MR) is 80.9 cm³/mol. The number of benzene rings is 1. The highest BCUT2D eigenvalue weighted by molar-refractivity contribution is 5.80. The van der Waals surface area contributed by atoms with E-state index in [1.807, 2.05) is 30.3 Å². The highest BCUT2D eigenvalue weighted by atomic mass is 16.4. The molecule has 0 bridgehead atoms. The van der Waals surface area contributed by atoms with Crippen LogP contribution >= 0.6 is 0 Å². The van der Waals surface area contributed by atoms with Crippen molar-refractivity contribution in [3.05, 3.63) is 35.9 Å². The third kappa shape index (κ3) is 6.00. The molecule has 0 aromatic heterocycles. The van der Waals surface area contributed by atoms with Crippen LogP contribution in [0.4, 0.5) is 4.79 Å². The Morgan fingerprint density at radius 3 is 2.62 bits per heavy atom. The first kappa shape index (κ1) is 16.6. The number of carboxylic acids is 1. The fourth-order valence-electron chi connectivity index (χ4n) is 1.93. The van der Waals surface area contributed by atoms with Crippen molar-refractivity contribution in [3.63, 3.8) is 0 Å². The Hall–Kier alpha value is -2.48. The van der Waals surface area contributed by atoms with Gasteiger partial charge in [0.15, 0.2) is 0 Å². The summed E-state index contributed by atoms with van der Waals surface area (Å²) in [5.74, 6) is 1.51. The standard InChI is InChI=1S/C16H20N2O3/c1-3-11-18(12-15(19)20)16(21)17-10-9-13(2)14-7-5-4-6-8-14/h1,4-8,13H,9-12H2,2H3,(H,17,21)(H,19,20). The first-order chi connectivity index (χ1) is 10.0. The lowest BCUT2D eigenvalue weighted by molar-refractivity contribution is -0.137. The summed E-state index contributed by atoms with van der Waals surface area (Å²) in [5.41, 5.74) is 1.21. The van der Waals surface area contributed by atoms with Gasteiger partial charge in [0.25, 0.3) is 0 Å². The van der Waals surface area contributed by atoms with E-state index in [0.717, 1.165) is 11.3 Å². The molecule has 1 rings (SSSR count). The Balaban J connectivity index is 2.41. The molecule has 0 aliphatic rings. The second-order valence-corrected chi connectivity index (χ2v) is 4.79. The van der Waals surface area contributed by atoms with Crippen LogP contribution in [0.3, 0.4) is 0 Å². The third-order valence-electron chi connectivity index (χ3n) is 3.12. The molecule has 21 heavy (non-hydrogen) atoms. The first-order valence-electron chi connectivity index (χ1n) is 6.77. The molecule has 0 aliphatic heterocycles. The molecule has 1 aromatic carbocycles. The largest absolute Gasteiger partial charge is 0.480 e. The van der Waals surface area contributed by atoms with Crippen LogP contribution in [0.15, 0.2) is 30.3 Å². The van der Waals surface area contributed by atoms with Crippen molar-refractivity contribution < 1.29 is 14.7 Å². The zero-order chi connectivity index (χ0) is 15.7. The molecule has 0 fully saturated rings. The number of nitrogens with one attached hydrogen (secondary N) is 1. The molecule has 112 valence electrons. The lowest BCUT2D eigenvalue weighted by Crippen LogP contribution is -2.43. The fourth-order valence-corrected chi connectivity index (χ4v) is 1.93. The number of amides is 2. The van der Waals surface area contributed by atoms with Crippen molar-refractivity contribution in [2.45, 2.75) is 19.3 Å². The van der Waals surface area contributed by atoms with E-state index < -0.39 is 18.5 Å². The van der Waals surface area contributed by atoms with E-state index in [1.54, 1.807) is 0 Å². The number of carbonyl (C=O) groups is 2. The Morgan fingerprint density at radius 1 is 1.38 bits per heavy atom. The van der Waals surface area contributed by atoms with Gasteiger partial charge in [0, 0.05) is 6.54 Å². The van der Waals surface area contributed by atoms with Gasteiger partial charge in [0.05, 0.1) is 6.54 Å². The quantitative estimate of drug-likeness (QED) is 0.753. The monoisotopic (exact) mass is 288 g/mol. The maximum absolute atomic E-state index is 11.8. The molecule has 1 aromatic rings. The highest BCUT2D eigenvalue weighted by Gasteiger charge is 2.15. The second kappa shape index (κ2) is 8.64. The number of carboxylic acid groups (broad SMARTS) is 1. The molecular formula is C16H20N2O3. The summed E-state index contributed by atoms with van der Waals surface area (Å²) in [7, 11) is 0. The fraction of sp³-hybridized carbons (Fsp3) is 0.375. The summed E-state index contributed by atoms with van der Waals surface area (Å²) in [4.78, 5) is 23.6. The van der Waals surface area contributed by atoms with Crippen molar-refractivity contribution in [1.29, 1.82) is 0 Å². The lowest BCUT2D eigenvalue weighted by Gasteiger charge is -2.19. The van der Waals surface area contributed by atoms with Gasteiger partial charge in [-0.3, -0.25) is 4.79 Å². The summed E-state index contributed by atoms with van der Waals surface area (Å²) in [6.07, 6.45) is 5.90. The van der Waals surface area contributed by atoms with E-state index in [2.05, 4.69) is 18.2 Å². The Morgan fingerprint density at radius 2 is 2.05 bits per heavy atom. The van der Waals surface area contributed by atoms with Crippen molar-refractivity contribution >= 4 is 12.0 Å². The number of terminal acetylenes is 1. The maximum Gasteiger partial charge on any atom is 0.323 e. The van der Waals surface area contributed by atoms with Crippen LogP contribution < -0.4 is 5.32 Å². The Kier molecular flexibility index (Phi) is 6.82. The van der Waals surface area contributed by atoms with E-state index in [9.17, 15) is 9.59 Å². The molecule has 2 N–H and O–H groups in total. The molecule has 1 unspecified atom stereocenters. The van der Waals surface area contributed by atoms with Gasteiger partial charge in [-0.1, -0.05) is 43.2 Å². The van der Waals surface area contributed by atoms with Crippen LogP contribution in [0.2, 0.25) is 0 Å². The Bertz CT molecular complexity index is 508. The number of urea groups is 1. The molecule has 5 nitrogen and oxygen atoms in total. The van der Waals surface area contributed by atoms with Gasteiger partial charge in [0.2, 0.25) is 0 Å². The minimum absolute atomic E-state index is 0.0215. The summed E-state index contributed by atoms with van der Waals surface area (Å²) in [6.45, 7) is 2.13. The van der Waals surface area contributed by atoms with Crippen LogP contribution in [0.25, 0.3) is 0 Å². The number of hydrogen-bond donors (Lipinski definition) is 2. The van der Waals surface area contributed by atoms with Gasteiger partial charge >= 0.3 is 12.0 Å². The van der Waals surface area contributed by atoms with Crippen molar-refractivity contribution in [2.24, 2.45) is 0 Å². The average molecular weight is 288 g/mol. The summed E-state index contributed by atoms with van der Waals surface area (Å²) in [5, 5.41) is 11.4. The summed E-state index contributed by atoms with van der Waals surface area (Å²) < 4.78 is 0.